The summed E-state index contributed by atoms with van der Waals surface area (Å²) < 4.78 is 36.1. The Hall–Kier alpha value is -3.15. The smallest absolute Gasteiger partial charge is 0.208 e. The Morgan fingerprint density at radius 1 is 0.800 bits per heavy atom. The molecule has 1 aliphatic rings. The lowest BCUT2D eigenvalue weighted by atomic mass is 9.69. The molecule has 1 atom stereocenters. The zero-order valence-corrected chi connectivity index (χ0v) is 20.8. The topological polar surface area (TPSA) is 48.3 Å². The highest BCUT2D eigenvalue weighted by atomic mass is 32.2. The molecule has 35 heavy (non-hydrogen) atoms. The highest BCUT2D eigenvalue weighted by molar-refractivity contribution is 7.92. The van der Waals surface area contributed by atoms with E-state index in [4.69, 9.17) is 4.74 Å². The van der Waals surface area contributed by atoms with Gasteiger partial charge in [-0.2, -0.15) is 0 Å². The van der Waals surface area contributed by atoms with E-state index in [0.717, 1.165) is 24.9 Å². The fourth-order valence-corrected chi connectivity index (χ4v) is 6.78. The van der Waals surface area contributed by atoms with Crippen molar-refractivity contribution in [1.29, 1.82) is 0 Å². The lowest BCUT2D eigenvalue weighted by molar-refractivity contribution is -0.0520. The average Bonchev–Trinajstić information content (AvgIpc) is 3.37. The van der Waals surface area contributed by atoms with E-state index in [1.54, 1.807) is 31.2 Å². The number of hydrogen-bond acceptors (Lipinski definition) is 3. The summed E-state index contributed by atoms with van der Waals surface area (Å²) in [6, 6.07) is 31.3. The van der Waals surface area contributed by atoms with Gasteiger partial charge in [-0.15, -0.1) is 0 Å². The summed E-state index contributed by atoms with van der Waals surface area (Å²) in [5.41, 5.74) is 3.49. The van der Waals surface area contributed by atoms with Gasteiger partial charge in [0.1, 0.15) is 0 Å². The molecule has 5 rings (SSSR count). The average molecular weight is 486 g/mol. The standard InChI is InChI=1S/C30H31NO3S/c1-30(34-23-25-10-4-2-5-11-25,35(32,33)29-12-6-3-7-13-29)28-20-27(21-28)26-16-14-24(15-17-26)22-31-18-8-9-19-31/h2-19,27-28H,20-23H2,1H3. The molecule has 5 heteroatoms. The van der Waals surface area contributed by atoms with Crippen LogP contribution in [-0.2, 0) is 27.7 Å². The second-order valence-electron chi connectivity index (χ2n) is 9.57. The van der Waals surface area contributed by atoms with Gasteiger partial charge in [-0.05, 0) is 66.6 Å². The minimum absolute atomic E-state index is 0.0824. The van der Waals surface area contributed by atoms with Crippen molar-refractivity contribution in [1.82, 2.24) is 4.57 Å². The van der Waals surface area contributed by atoms with Crippen LogP contribution in [0.1, 0.15) is 42.4 Å². The van der Waals surface area contributed by atoms with Gasteiger partial charge in [0.2, 0.25) is 9.84 Å². The van der Waals surface area contributed by atoms with Crippen molar-refractivity contribution < 1.29 is 13.2 Å². The molecule has 1 heterocycles. The Labute approximate surface area is 208 Å². The summed E-state index contributed by atoms with van der Waals surface area (Å²) in [7, 11) is -3.70. The lowest BCUT2D eigenvalue weighted by Gasteiger charge is -2.46. The van der Waals surface area contributed by atoms with Crippen LogP contribution in [0.4, 0.5) is 0 Å². The summed E-state index contributed by atoms with van der Waals surface area (Å²) in [6.45, 7) is 2.87. The molecule has 1 unspecified atom stereocenters. The van der Waals surface area contributed by atoms with Crippen LogP contribution >= 0.6 is 0 Å². The highest BCUT2D eigenvalue weighted by Crippen LogP contribution is 2.51. The van der Waals surface area contributed by atoms with Crippen molar-refractivity contribution in [2.45, 2.75) is 48.7 Å². The van der Waals surface area contributed by atoms with Crippen molar-refractivity contribution in [2.75, 3.05) is 0 Å². The van der Waals surface area contributed by atoms with Gasteiger partial charge in [-0.25, -0.2) is 8.42 Å². The number of nitrogens with zero attached hydrogens (tertiary/aromatic N) is 1. The lowest BCUT2D eigenvalue weighted by Crippen LogP contribution is -2.50. The molecule has 0 aliphatic heterocycles. The molecule has 0 bridgehead atoms. The van der Waals surface area contributed by atoms with E-state index < -0.39 is 14.8 Å². The van der Waals surface area contributed by atoms with Crippen LogP contribution in [0.15, 0.2) is 114 Å². The molecule has 180 valence electrons. The monoisotopic (exact) mass is 485 g/mol. The van der Waals surface area contributed by atoms with Gasteiger partial charge in [0.25, 0.3) is 0 Å². The molecule has 1 saturated carbocycles. The van der Waals surface area contributed by atoms with Gasteiger partial charge < -0.3 is 9.30 Å². The van der Waals surface area contributed by atoms with Crippen LogP contribution in [0.2, 0.25) is 0 Å². The molecule has 4 aromatic rings. The molecular formula is C30H31NO3S. The van der Waals surface area contributed by atoms with E-state index in [0.29, 0.717) is 10.8 Å². The van der Waals surface area contributed by atoms with E-state index in [1.165, 1.54) is 11.1 Å². The predicted octanol–water partition coefficient (Wildman–Crippen LogP) is 6.44. The van der Waals surface area contributed by atoms with Gasteiger partial charge in [0.05, 0.1) is 11.5 Å². The summed E-state index contributed by atoms with van der Waals surface area (Å²) >= 11 is 0. The first-order valence-corrected chi connectivity index (χ1v) is 13.6. The fourth-order valence-electron chi connectivity index (χ4n) is 4.95. The Bertz CT molecular complexity index is 1330. The molecule has 1 aromatic heterocycles. The summed E-state index contributed by atoms with van der Waals surface area (Å²) in [6.07, 6.45) is 5.70. The predicted molar refractivity (Wildman–Crippen MR) is 139 cm³/mol. The normalized spacial score (nSPS) is 19.6. The van der Waals surface area contributed by atoms with Crippen LogP contribution in [0.25, 0.3) is 0 Å². The molecule has 0 amide bonds. The molecule has 1 fully saturated rings. The van der Waals surface area contributed by atoms with Crippen molar-refractivity contribution in [3.05, 3.63) is 126 Å². The van der Waals surface area contributed by atoms with Crippen LogP contribution in [-0.4, -0.2) is 17.9 Å². The second kappa shape index (κ2) is 9.84. The number of benzene rings is 3. The summed E-state index contributed by atoms with van der Waals surface area (Å²) in [4.78, 5) is -0.983. The summed E-state index contributed by atoms with van der Waals surface area (Å²) in [5.74, 6) is 0.257. The third-order valence-corrected chi connectivity index (χ3v) is 9.73. The maximum Gasteiger partial charge on any atom is 0.208 e. The van der Waals surface area contributed by atoms with E-state index in [1.807, 2.05) is 48.5 Å². The quantitative estimate of drug-likeness (QED) is 0.274. The zero-order valence-electron chi connectivity index (χ0n) is 20.0. The van der Waals surface area contributed by atoms with Crippen LogP contribution < -0.4 is 0 Å². The Balaban J connectivity index is 1.33. The maximum absolute atomic E-state index is 13.8. The molecule has 4 nitrogen and oxygen atoms in total. The number of rotatable bonds is 9. The van der Waals surface area contributed by atoms with Gasteiger partial charge in [0.15, 0.2) is 4.93 Å². The molecule has 0 spiro atoms. The zero-order chi connectivity index (χ0) is 24.3. The van der Waals surface area contributed by atoms with Crippen molar-refractivity contribution in [3.8, 4) is 0 Å². The third kappa shape index (κ3) is 4.84. The van der Waals surface area contributed by atoms with E-state index >= 15 is 0 Å². The van der Waals surface area contributed by atoms with Gasteiger partial charge >= 0.3 is 0 Å². The number of ether oxygens (including phenoxy) is 1. The van der Waals surface area contributed by atoms with Crippen LogP contribution in [0, 0.1) is 5.92 Å². The maximum atomic E-state index is 13.8. The molecule has 0 N–H and O–H groups in total. The molecule has 0 saturated heterocycles. The SMILES string of the molecule is CC(OCc1ccccc1)(C1CC(c2ccc(Cn3cccc3)cc2)C1)S(=O)(=O)c1ccccc1. The number of aromatic nitrogens is 1. The van der Waals surface area contributed by atoms with Crippen LogP contribution in [0.5, 0.6) is 0 Å². The first-order chi connectivity index (χ1) is 17.0. The number of hydrogen-bond donors (Lipinski definition) is 0. The minimum atomic E-state index is -3.70. The fraction of sp³-hybridized carbons (Fsp3) is 0.267. The Morgan fingerprint density at radius 3 is 2.03 bits per heavy atom. The third-order valence-electron chi connectivity index (χ3n) is 7.32. The van der Waals surface area contributed by atoms with Crippen molar-refractivity contribution in [2.24, 2.45) is 5.92 Å². The largest absolute Gasteiger partial charge is 0.354 e. The first kappa shape index (κ1) is 23.6. The second-order valence-corrected chi connectivity index (χ2v) is 11.9. The van der Waals surface area contributed by atoms with E-state index in [2.05, 4.69) is 41.2 Å². The number of sulfone groups is 1. The molecular weight excluding hydrogens is 454 g/mol. The van der Waals surface area contributed by atoms with Crippen LogP contribution in [0.3, 0.4) is 0 Å². The van der Waals surface area contributed by atoms with Crippen molar-refractivity contribution in [3.63, 3.8) is 0 Å². The Kier molecular flexibility index (Phi) is 6.63. The molecule has 3 aromatic carbocycles. The summed E-state index contributed by atoms with van der Waals surface area (Å²) in [5, 5.41) is 0. The Morgan fingerprint density at radius 2 is 1.40 bits per heavy atom. The van der Waals surface area contributed by atoms with Gasteiger partial charge in [-0.3, -0.25) is 0 Å². The molecule has 1 aliphatic carbocycles. The van der Waals surface area contributed by atoms with E-state index in [9.17, 15) is 8.42 Å². The van der Waals surface area contributed by atoms with Crippen molar-refractivity contribution >= 4 is 9.84 Å². The first-order valence-electron chi connectivity index (χ1n) is 12.1. The van der Waals surface area contributed by atoms with Gasteiger partial charge in [0, 0.05) is 24.9 Å². The van der Waals surface area contributed by atoms with E-state index in [-0.39, 0.29) is 12.5 Å². The molecule has 0 radical (unpaired) electrons. The van der Waals surface area contributed by atoms with Gasteiger partial charge in [-0.1, -0.05) is 72.8 Å². The highest BCUT2D eigenvalue weighted by Gasteiger charge is 2.53. The minimum Gasteiger partial charge on any atom is -0.354 e.